The zero-order valence-corrected chi connectivity index (χ0v) is 15.3. The van der Waals surface area contributed by atoms with E-state index in [4.69, 9.17) is 0 Å². The first-order valence-electron chi connectivity index (χ1n) is 9.43. The molecule has 2 unspecified atom stereocenters. The molecule has 1 saturated carbocycles. The van der Waals surface area contributed by atoms with Gasteiger partial charge in [0.2, 0.25) is 0 Å². The van der Waals surface area contributed by atoms with Crippen LogP contribution < -0.4 is 0 Å². The zero-order chi connectivity index (χ0) is 18.3. The molecule has 0 aliphatic heterocycles. The van der Waals surface area contributed by atoms with E-state index in [2.05, 4.69) is 18.0 Å². The van der Waals surface area contributed by atoms with Crippen molar-refractivity contribution in [2.75, 3.05) is 0 Å². The molecule has 0 spiro atoms. The van der Waals surface area contributed by atoms with E-state index in [0.29, 0.717) is 17.4 Å². The molecule has 0 saturated heterocycles. The molecule has 0 bridgehead atoms. The van der Waals surface area contributed by atoms with Gasteiger partial charge in [-0.1, -0.05) is 31.9 Å². The number of aryl methyl sites for hydroxylation is 1. The summed E-state index contributed by atoms with van der Waals surface area (Å²) >= 11 is 0. The van der Waals surface area contributed by atoms with Crippen LogP contribution in [0.3, 0.4) is 0 Å². The minimum Gasteiger partial charge on any atom is -0.256 e. The Bertz CT molecular complexity index is 901. The molecule has 1 heterocycles. The summed E-state index contributed by atoms with van der Waals surface area (Å²) in [7, 11) is 0. The maximum absolute atomic E-state index is 14.0. The number of fused-ring (bicyclic) bond motifs is 1. The molecule has 2 nitrogen and oxygen atoms in total. The van der Waals surface area contributed by atoms with Gasteiger partial charge in [-0.2, -0.15) is 5.26 Å². The van der Waals surface area contributed by atoms with Crippen molar-refractivity contribution in [3.05, 3.63) is 64.7 Å². The predicted molar refractivity (Wildman–Crippen MR) is 102 cm³/mol. The number of rotatable bonds is 3. The van der Waals surface area contributed by atoms with Crippen LogP contribution in [0.2, 0.25) is 0 Å². The monoisotopic (exact) mass is 346 g/mol. The molecule has 3 heteroatoms. The first kappa shape index (κ1) is 17.0. The van der Waals surface area contributed by atoms with Gasteiger partial charge in [-0.05, 0) is 78.0 Å². The van der Waals surface area contributed by atoms with E-state index in [0.717, 1.165) is 40.3 Å². The average molecular weight is 346 g/mol. The van der Waals surface area contributed by atoms with Gasteiger partial charge in [-0.3, -0.25) is 4.98 Å². The van der Waals surface area contributed by atoms with Gasteiger partial charge in [0.05, 0.1) is 11.3 Å². The fraction of sp³-hybridized carbons (Fsp3) is 0.391. The van der Waals surface area contributed by atoms with Crippen LogP contribution in [0, 0.1) is 35.9 Å². The highest BCUT2D eigenvalue weighted by molar-refractivity contribution is 5.98. The molecule has 0 radical (unpaired) electrons. The third-order valence-electron chi connectivity index (χ3n) is 5.92. The van der Waals surface area contributed by atoms with Crippen molar-refractivity contribution in [1.29, 1.82) is 5.26 Å². The summed E-state index contributed by atoms with van der Waals surface area (Å²) in [6, 6.07) is 11.3. The van der Waals surface area contributed by atoms with E-state index >= 15 is 0 Å². The third kappa shape index (κ3) is 3.17. The summed E-state index contributed by atoms with van der Waals surface area (Å²) in [5.74, 6) is 1.27. The first-order chi connectivity index (χ1) is 12.6. The van der Waals surface area contributed by atoms with Gasteiger partial charge in [-0.15, -0.1) is 0 Å². The molecule has 26 heavy (non-hydrogen) atoms. The Labute approximate surface area is 154 Å². The highest BCUT2D eigenvalue weighted by Gasteiger charge is 2.34. The van der Waals surface area contributed by atoms with Crippen molar-refractivity contribution < 1.29 is 4.39 Å². The minimum absolute atomic E-state index is 0.291. The molecule has 2 aliphatic rings. The number of benzene rings is 1. The molecular formula is C23H23FN2. The molecule has 2 aliphatic carbocycles. The van der Waals surface area contributed by atoms with Crippen LogP contribution in [0.25, 0.3) is 11.1 Å². The maximum Gasteiger partial charge on any atom is 0.123 e. The molecule has 2 aromatic rings. The van der Waals surface area contributed by atoms with Crippen molar-refractivity contribution in [3.63, 3.8) is 0 Å². The maximum atomic E-state index is 14.0. The number of hydrogen-bond donors (Lipinski definition) is 0. The Hall–Kier alpha value is -2.47. The molecule has 2 atom stereocenters. The third-order valence-corrected chi connectivity index (χ3v) is 5.92. The topological polar surface area (TPSA) is 36.7 Å². The second kappa shape index (κ2) is 6.68. The van der Waals surface area contributed by atoms with Crippen LogP contribution >= 0.6 is 0 Å². The number of pyridine rings is 1. The largest absolute Gasteiger partial charge is 0.256 e. The van der Waals surface area contributed by atoms with E-state index in [-0.39, 0.29) is 5.82 Å². The van der Waals surface area contributed by atoms with Crippen LogP contribution in [0.5, 0.6) is 0 Å². The second-order valence-corrected chi connectivity index (χ2v) is 7.85. The molecule has 1 aromatic carbocycles. The zero-order valence-electron chi connectivity index (χ0n) is 15.3. The molecule has 1 aromatic heterocycles. The van der Waals surface area contributed by atoms with Crippen LogP contribution in [0.4, 0.5) is 4.39 Å². The van der Waals surface area contributed by atoms with E-state index in [1.807, 2.05) is 31.3 Å². The van der Waals surface area contributed by atoms with Crippen LogP contribution in [-0.4, -0.2) is 4.98 Å². The summed E-state index contributed by atoms with van der Waals surface area (Å²) < 4.78 is 14.0. The quantitative estimate of drug-likeness (QED) is 0.695. The number of allylic oxidation sites excluding steroid dienone is 2. The van der Waals surface area contributed by atoms with Gasteiger partial charge in [0.15, 0.2) is 0 Å². The van der Waals surface area contributed by atoms with Crippen molar-refractivity contribution in [1.82, 2.24) is 4.98 Å². The van der Waals surface area contributed by atoms with E-state index < -0.39 is 0 Å². The summed E-state index contributed by atoms with van der Waals surface area (Å²) in [6.07, 6.45) is 6.46. The van der Waals surface area contributed by atoms with Crippen LogP contribution in [0.1, 0.15) is 60.9 Å². The van der Waals surface area contributed by atoms with Gasteiger partial charge in [0.1, 0.15) is 11.9 Å². The highest BCUT2D eigenvalue weighted by Crippen LogP contribution is 2.48. The fourth-order valence-electron chi connectivity index (χ4n) is 4.18. The van der Waals surface area contributed by atoms with E-state index in [1.165, 1.54) is 31.4 Å². The average Bonchev–Trinajstić information content (AvgIpc) is 3.45. The van der Waals surface area contributed by atoms with Crippen molar-refractivity contribution in [3.8, 4) is 6.07 Å². The van der Waals surface area contributed by atoms with Gasteiger partial charge < -0.3 is 0 Å². The summed E-state index contributed by atoms with van der Waals surface area (Å²) in [5, 5.41) is 9.95. The molecule has 132 valence electrons. The Kier molecular flexibility index (Phi) is 4.36. The van der Waals surface area contributed by atoms with Crippen LogP contribution in [-0.2, 0) is 0 Å². The standard InChI is InChI=1S/C23H23FN2/c1-14-3-8-23(26-13-14)21-10-17(9-16-4-5-16)15(2)19-7-6-18(24)11-20(19)22(21)12-25/h3,6-8,11,13,15-17H,4-5,9-10H2,1-2H3. The molecule has 4 rings (SSSR count). The van der Waals surface area contributed by atoms with Gasteiger partial charge in [0.25, 0.3) is 0 Å². The molecular weight excluding hydrogens is 323 g/mol. The lowest BCUT2D eigenvalue weighted by molar-refractivity contribution is 0.402. The smallest absolute Gasteiger partial charge is 0.123 e. The highest BCUT2D eigenvalue weighted by atomic mass is 19.1. The summed E-state index contributed by atoms with van der Waals surface area (Å²) in [5.41, 5.74) is 5.33. The van der Waals surface area contributed by atoms with Crippen molar-refractivity contribution in [2.45, 2.75) is 45.4 Å². The normalized spacial score (nSPS) is 22.5. The summed E-state index contributed by atoms with van der Waals surface area (Å²) in [6.45, 7) is 4.23. The van der Waals surface area contributed by atoms with Crippen molar-refractivity contribution in [2.24, 2.45) is 11.8 Å². The number of nitrogens with zero attached hydrogens (tertiary/aromatic N) is 2. The van der Waals surface area contributed by atoms with E-state index in [1.54, 1.807) is 0 Å². The van der Waals surface area contributed by atoms with Gasteiger partial charge in [-0.25, -0.2) is 4.39 Å². The number of nitriles is 1. The molecule has 0 N–H and O–H groups in total. The Balaban J connectivity index is 1.90. The predicted octanol–water partition coefficient (Wildman–Crippen LogP) is 5.89. The Morgan fingerprint density at radius 3 is 2.69 bits per heavy atom. The van der Waals surface area contributed by atoms with Gasteiger partial charge in [0, 0.05) is 6.20 Å². The SMILES string of the molecule is Cc1ccc(C2=C(C#N)c3cc(F)ccc3C(C)C(CC3CC3)C2)nc1. The lowest BCUT2D eigenvalue weighted by atomic mass is 9.81. The van der Waals surface area contributed by atoms with Crippen LogP contribution in [0.15, 0.2) is 36.5 Å². The minimum atomic E-state index is -0.291. The number of aromatic nitrogens is 1. The van der Waals surface area contributed by atoms with Gasteiger partial charge >= 0.3 is 0 Å². The first-order valence-corrected chi connectivity index (χ1v) is 9.43. The Morgan fingerprint density at radius 1 is 1.23 bits per heavy atom. The summed E-state index contributed by atoms with van der Waals surface area (Å²) in [4.78, 5) is 4.59. The fourth-order valence-corrected chi connectivity index (χ4v) is 4.18. The van der Waals surface area contributed by atoms with E-state index in [9.17, 15) is 9.65 Å². The van der Waals surface area contributed by atoms with Crippen molar-refractivity contribution >= 4 is 11.1 Å². The number of hydrogen-bond acceptors (Lipinski definition) is 2. The second-order valence-electron chi connectivity index (χ2n) is 7.85. The molecule has 0 amide bonds. The Morgan fingerprint density at radius 2 is 2.04 bits per heavy atom. The lowest BCUT2D eigenvalue weighted by Crippen LogP contribution is -2.11. The molecule has 1 fully saturated rings. The number of halogens is 1. The lowest BCUT2D eigenvalue weighted by Gasteiger charge is -2.24.